The van der Waals surface area contributed by atoms with Crippen LogP contribution in [0, 0.1) is 5.92 Å². The van der Waals surface area contributed by atoms with Crippen molar-refractivity contribution in [3.8, 4) is 0 Å². The quantitative estimate of drug-likeness (QED) is 0.747. The van der Waals surface area contributed by atoms with Crippen molar-refractivity contribution in [3.63, 3.8) is 0 Å². The Morgan fingerprint density at radius 3 is 2.68 bits per heavy atom. The molecule has 0 radical (unpaired) electrons. The molecule has 0 bridgehead atoms. The monoisotopic (exact) mass is 317 g/mol. The number of thiocarbonyl (C=S) groups is 1. The van der Waals surface area contributed by atoms with Gasteiger partial charge in [0.25, 0.3) is 0 Å². The maximum absolute atomic E-state index is 11.9. The van der Waals surface area contributed by atoms with Crippen LogP contribution in [-0.4, -0.2) is 17.1 Å². The van der Waals surface area contributed by atoms with Gasteiger partial charge in [0.05, 0.1) is 21.7 Å². The molecule has 0 spiro atoms. The average molecular weight is 318 g/mol. The van der Waals surface area contributed by atoms with Crippen molar-refractivity contribution >= 4 is 52.1 Å². The average Bonchev–Trinajstić information content (AvgIpc) is 3.14. The van der Waals surface area contributed by atoms with Crippen LogP contribution in [-0.2, 0) is 0 Å². The topological polar surface area (TPSA) is 67.1 Å². The van der Waals surface area contributed by atoms with Crippen LogP contribution >= 0.6 is 35.4 Å². The number of hydrogen-bond acceptors (Lipinski definition) is 2. The van der Waals surface area contributed by atoms with Crippen molar-refractivity contribution < 1.29 is 4.79 Å². The zero-order valence-corrected chi connectivity index (χ0v) is 12.3. The number of rotatable bonds is 4. The van der Waals surface area contributed by atoms with Crippen LogP contribution in [0.25, 0.3) is 0 Å². The minimum atomic E-state index is -0.395. The fraction of sp³-hybridized carbons (Fsp3) is 0.333. The van der Waals surface area contributed by atoms with Gasteiger partial charge in [-0.05, 0) is 37.0 Å². The van der Waals surface area contributed by atoms with Crippen molar-refractivity contribution in [3.05, 3.63) is 28.2 Å². The highest BCUT2D eigenvalue weighted by Gasteiger charge is 2.34. The van der Waals surface area contributed by atoms with Gasteiger partial charge in [-0.1, -0.05) is 35.4 Å². The molecule has 0 heterocycles. The lowest BCUT2D eigenvalue weighted by Gasteiger charge is -2.17. The third-order valence-corrected chi connectivity index (χ3v) is 3.68. The molecule has 7 heteroatoms. The number of urea groups is 1. The number of nitrogens with two attached hydrogens (primary N) is 1. The SMILES string of the molecule is NC(=S)C(NC(=O)Nc1cc(Cl)ccc1Cl)C1CC1. The highest BCUT2D eigenvalue weighted by molar-refractivity contribution is 7.80. The third kappa shape index (κ3) is 3.96. The molecule has 1 saturated carbocycles. The molecule has 19 heavy (non-hydrogen) atoms. The fourth-order valence-corrected chi connectivity index (χ4v) is 2.33. The first-order chi connectivity index (χ1) is 8.97. The Balaban J connectivity index is 2.00. The summed E-state index contributed by atoms with van der Waals surface area (Å²) in [6.07, 6.45) is 2.06. The van der Waals surface area contributed by atoms with Crippen molar-refractivity contribution in [1.82, 2.24) is 5.32 Å². The maximum Gasteiger partial charge on any atom is 0.319 e. The van der Waals surface area contributed by atoms with E-state index in [0.717, 1.165) is 12.8 Å². The summed E-state index contributed by atoms with van der Waals surface area (Å²) in [6.45, 7) is 0. The van der Waals surface area contributed by atoms with Gasteiger partial charge in [-0.3, -0.25) is 0 Å². The van der Waals surface area contributed by atoms with E-state index in [-0.39, 0.29) is 6.04 Å². The predicted octanol–water partition coefficient (Wildman–Crippen LogP) is 3.18. The van der Waals surface area contributed by atoms with Gasteiger partial charge in [-0.15, -0.1) is 0 Å². The van der Waals surface area contributed by atoms with Crippen LogP contribution in [0.3, 0.4) is 0 Å². The molecule has 2 amide bonds. The Bertz CT molecular complexity index is 520. The van der Waals surface area contributed by atoms with E-state index in [4.69, 9.17) is 41.2 Å². The summed E-state index contributed by atoms with van der Waals surface area (Å²) in [4.78, 5) is 12.2. The lowest BCUT2D eigenvalue weighted by molar-refractivity contribution is 0.250. The Hall–Kier alpha value is -1.04. The Morgan fingerprint density at radius 2 is 2.11 bits per heavy atom. The summed E-state index contributed by atoms with van der Waals surface area (Å²) >= 11 is 16.8. The zero-order valence-electron chi connectivity index (χ0n) is 9.95. The molecule has 0 aliphatic heterocycles. The van der Waals surface area contributed by atoms with Gasteiger partial charge in [0.15, 0.2) is 0 Å². The highest BCUT2D eigenvalue weighted by Crippen LogP contribution is 2.33. The molecule has 2 rings (SSSR count). The lowest BCUT2D eigenvalue weighted by atomic mass is 10.2. The van der Waals surface area contributed by atoms with Gasteiger partial charge >= 0.3 is 6.03 Å². The molecular formula is C12H13Cl2N3OS. The fourth-order valence-electron chi connectivity index (χ4n) is 1.74. The minimum absolute atomic E-state index is 0.270. The van der Waals surface area contributed by atoms with E-state index in [1.807, 2.05) is 0 Å². The Morgan fingerprint density at radius 1 is 1.42 bits per heavy atom. The molecular weight excluding hydrogens is 305 g/mol. The highest BCUT2D eigenvalue weighted by atomic mass is 35.5. The number of carbonyl (C=O) groups is 1. The van der Waals surface area contributed by atoms with Crippen LogP contribution in [0.1, 0.15) is 12.8 Å². The molecule has 1 aliphatic carbocycles. The van der Waals surface area contributed by atoms with E-state index in [1.54, 1.807) is 18.2 Å². The first-order valence-electron chi connectivity index (χ1n) is 5.79. The molecule has 1 aromatic rings. The Kier molecular flexibility index (Phi) is 4.50. The largest absolute Gasteiger partial charge is 0.392 e. The van der Waals surface area contributed by atoms with E-state index in [9.17, 15) is 4.79 Å². The third-order valence-electron chi connectivity index (χ3n) is 2.86. The van der Waals surface area contributed by atoms with Crippen LogP contribution in [0.5, 0.6) is 0 Å². The molecule has 1 fully saturated rings. The smallest absolute Gasteiger partial charge is 0.319 e. The molecule has 1 aromatic carbocycles. The zero-order chi connectivity index (χ0) is 14.0. The second-order valence-corrected chi connectivity index (χ2v) is 5.76. The van der Waals surface area contributed by atoms with E-state index >= 15 is 0 Å². The molecule has 0 aromatic heterocycles. The van der Waals surface area contributed by atoms with Crippen molar-refractivity contribution in [2.24, 2.45) is 11.7 Å². The van der Waals surface area contributed by atoms with Gasteiger partial charge in [0.2, 0.25) is 0 Å². The molecule has 4 nitrogen and oxygen atoms in total. The number of benzene rings is 1. The molecule has 4 N–H and O–H groups in total. The summed E-state index contributed by atoms with van der Waals surface area (Å²) in [7, 11) is 0. The first-order valence-corrected chi connectivity index (χ1v) is 6.95. The first kappa shape index (κ1) is 14.4. The van der Waals surface area contributed by atoms with Crippen LogP contribution in [0.2, 0.25) is 10.0 Å². The van der Waals surface area contributed by atoms with Gasteiger partial charge in [-0.2, -0.15) is 0 Å². The summed E-state index contributed by atoms with van der Waals surface area (Å²) in [5.74, 6) is 0.345. The summed E-state index contributed by atoms with van der Waals surface area (Å²) in [6, 6.07) is 4.18. The van der Waals surface area contributed by atoms with Gasteiger partial charge in [0.1, 0.15) is 0 Å². The molecule has 102 valence electrons. The molecule has 1 atom stereocenters. The van der Waals surface area contributed by atoms with Crippen molar-refractivity contribution in [1.29, 1.82) is 0 Å². The summed E-state index contributed by atoms with van der Waals surface area (Å²) in [5, 5.41) is 6.30. The van der Waals surface area contributed by atoms with Crippen molar-refractivity contribution in [2.75, 3.05) is 5.32 Å². The van der Waals surface area contributed by atoms with E-state index < -0.39 is 6.03 Å². The minimum Gasteiger partial charge on any atom is -0.392 e. The van der Waals surface area contributed by atoms with Gasteiger partial charge < -0.3 is 16.4 Å². The second-order valence-electron chi connectivity index (χ2n) is 4.44. The van der Waals surface area contributed by atoms with Crippen molar-refractivity contribution in [2.45, 2.75) is 18.9 Å². The summed E-state index contributed by atoms with van der Waals surface area (Å²) < 4.78 is 0. The second kappa shape index (κ2) is 5.94. The molecule has 1 aliphatic rings. The van der Waals surface area contributed by atoms with E-state index in [2.05, 4.69) is 10.6 Å². The standard InChI is InChI=1S/C12H13Cl2N3OS/c13-7-3-4-8(14)9(5-7)16-12(18)17-10(11(15)19)6-1-2-6/h3-6,10H,1-2H2,(H2,15,19)(H2,16,17,18). The van der Waals surface area contributed by atoms with Crippen LogP contribution in [0.15, 0.2) is 18.2 Å². The van der Waals surface area contributed by atoms with Crippen LogP contribution in [0.4, 0.5) is 10.5 Å². The number of carbonyl (C=O) groups excluding carboxylic acids is 1. The number of amides is 2. The lowest BCUT2D eigenvalue weighted by Crippen LogP contribution is -2.46. The number of nitrogens with one attached hydrogen (secondary N) is 2. The number of hydrogen-bond donors (Lipinski definition) is 3. The van der Waals surface area contributed by atoms with Gasteiger partial charge in [-0.25, -0.2) is 4.79 Å². The maximum atomic E-state index is 11.9. The van der Waals surface area contributed by atoms with E-state index in [1.165, 1.54) is 0 Å². The molecule has 0 saturated heterocycles. The van der Waals surface area contributed by atoms with E-state index in [0.29, 0.717) is 26.6 Å². The number of anilines is 1. The normalized spacial score (nSPS) is 15.7. The Labute approximate surface area is 126 Å². The summed E-state index contributed by atoms with van der Waals surface area (Å²) in [5.41, 5.74) is 6.06. The number of halogens is 2. The molecule has 1 unspecified atom stereocenters. The van der Waals surface area contributed by atoms with Crippen LogP contribution < -0.4 is 16.4 Å². The van der Waals surface area contributed by atoms with Gasteiger partial charge in [0, 0.05) is 5.02 Å². The predicted molar refractivity (Wildman–Crippen MR) is 81.9 cm³/mol.